The van der Waals surface area contributed by atoms with Gasteiger partial charge in [0.05, 0.1) is 6.54 Å². The van der Waals surface area contributed by atoms with Crippen LogP contribution in [-0.2, 0) is 16.1 Å². The molecule has 1 aromatic rings. The van der Waals surface area contributed by atoms with Gasteiger partial charge in [-0.15, -0.1) is 0 Å². The first-order chi connectivity index (χ1) is 10.6. The lowest BCUT2D eigenvalue weighted by atomic mass is 10.1. The Labute approximate surface area is 132 Å². The second-order valence-corrected chi connectivity index (χ2v) is 5.99. The van der Waals surface area contributed by atoms with Gasteiger partial charge in [0.25, 0.3) is 0 Å². The molecule has 1 fully saturated rings. The zero-order valence-electron chi connectivity index (χ0n) is 13.3. The number of nitrogens with one attached hydrogen (secondary N) is 1. The highest BCUT2D eigenvalue weighted by molar-refractivity contribution is 5.83. The summed E-state index contributed by atoms with van der Waals surface area (Å²) in [5.41, 5.74) is 0.979. The van der Waals surface area contributed by atoms with Crippen LogP contribution >= 0.6 is 0 Å². The van der Waals surface area contributed by atoms with Crippen LogP contribution in [0.15, 0.2) is 24.5 Å². The normalized spacial score (nSPS) is 15.9. The summed E-state index contributed by atoms with van der Waals surface area (Å²) in [6.45, 7) is 2.06. The van der Waals surface area contributed by atoms with E-state index >= 15 is 0 Å². The van der Waals surface area contributed by atoms with Gasteiger partial charge in [-0.1, -0.05) is 25.7 Å². The Bertz CT molecular complexity index is 482. The first-order valence-electron chi connectivity index (χ1n) is 8.09. The van der Waals surface area contributed by atoms with Crippen molar-refractivity contribution in [3.63, 3.8) is 0 Å². The molecule has 5 nitrogen and oxygen atoms in total. The predicted molar refractivity (Wildman–Crippen MR) is 85.0 cm³/mol. The molecule has 1 N–H and O–H groups in total. The van der Waals surface area contributed by atoms with Gasteiger partial charge >= 0.3 is 0 Å². The Balaban J connectivity index is 1.87. The van der Waals surface area contributed by atoms with E-state index < -0.39 is 0 Å². The number of amides is 2. The second kappa shape index (κ2) is 8.51. The van der Waals surface area contributed by atoms with Crippen molar-refractivity contribution in [2.75, 3.05) is 6.54 Å². The van der Waals surface area contributed by atoms with Gasteiger partial charge in [0, 0.05) is 31.9 Å². The van der Waals surface area contributed by atoms with E-state index in [9.17, 15) is 9.59 Å². The molecule has 0 atom stereocenters. The van der Waals surface area contributed by atoms with Gasteiger partial charge in [0.15, 0.2) is 0 Å². The van der Waals surface area contributed by atoms with Crippen LogP contribution in [0.2, 0.25) is 0 Å². The van der Waals surface area contributed by atoms with E-state index in [2.05, 4.69) is 10.3 Å². The first kappa shape index (κ1) is 16.5. The molecular formula is C17H25N3O2. The molecule has 0 unspecified atom stereocenters. The first-order valence-corrected chi connectivity index (χ1v) is 8.09. The summed E-state index contributed by atoms with van der Waals surface area (Å²) in [5, 5.41) is 3.08. The van der Waals surface area contributed by atoms with Crippen molar-refractivity contribution in [3.8, 4) is 0 Å². The smallest absolute Gasteiger partial charge is 0.239 e. The van der Waals surface area contributed by atoms with E-state index in [0.29, 0.717) is 6.54 Å². The second-order valence-electron chi connectivity index (χ2n) is 5.99. The molecule has 120 valence electrons. The average molecular weight is 303 g/mol. The maximum Gasteiger partial charge on any atom is 0.239 e. The molecule has 0 aliphatic heterocycles. The third kappa shape index (κ3) is 5.47. The van der Waals surface area contributed by atoms with Crippen LogP contribution in [0, 0.1) is 0 Å². The molecule has 1 aliphatic rings. The molecule has 22 heavy (non-hydrogen) atoms. The maximum absolute atomic E-state index is 12.2. The number of hydrogen-bond acceptors (Lipinski definition) is 3. The van der Waals surface area contributed by atoms with E-state index in [1.54, 1.807) is 17.3 Å². The van der Waals surface area contributed by atoms with Crippen molar-refractivity contribution in [2.24, 2.45) is 0 Å². The third-order valence-electron chi connectivity index (χ3n) is 4.12. The van der Waals surface area contributed by atoms with Gasteiger partial charge in [-0.2, -0.15) is 0 Å². The fourth-order valence-electron chi connectivity index (χ4n) is 2.86. The van der Waals surface area contributed by atoms with E-state index in [-0.39, 0.29) is 24.4 Å². The largest absolute Gasteiger partial charge is 0.352 e. The Morgan fingerprint density at radius 3 is 2.41 bits per heavy atom. The van der Waals surface area contributed by atoms with Crippen molar-refractivity contribution in [2.45, 2.75) is 58.0 Å². The van der Waals surface area contributed by atoms with Crippen molar-refractivity contribution in [1.29, 1.82) is 0 Å². The summed E-state index contributed by atoms with van der Waals surface area (Å²) < 4.78 is 0. The van der Waals surface area contributed by atoms with Crippen LogP contribution in [0.4, 0.5) is 0 Å². The number of pyridine rings is 1. The van der Waals surface area contributed by atoms with Crippen LogP contribution in [0.5, 0.6) is 0 Å². The van der Waals surface area contributed by atoms with E-state index in [1.807, 2.05) is 12.1 Å². The highest BCUT2D eigenvalue weighted by Gasteiger charge is 2.18. The van der Waals surface area contributed by atoms with Gasteiger partial charge in [-0.3, -0.25) is 14.6 Å². The number of rotatable bonds is 5. The summed E-state index contributed by atoms with van der Waals surface area (Å²) >= 11 is 0. The Morgan fingerprint density at radius 1 is 1.18 bits per heavy atom. The van der Waals surface area contributed by atoms with Crippen LogP contribution in [0.25, 0.3) is 0 Å². The van der Waals surface area contributed by atoms with Gasteiger partial charge in [0.2, 0.25) is 11.8 Å². The number of nitrogens with zero attached hydrogens (tertiary/aromatic N) is 2. The van der Waals surface area contributed by atoms with Crippen LogP contribution in [0.3, 0.4) is 0 Å². The molecular weight excluding hydrogens is 278 g/mol. The zero-order valence-corrected chi connectivity index (χ0v) is 13.3. The Hall–Kier alpha value is -1.91. The highest BCUT2D eigenvalue weighted by Crippen LogP contribution is 2.17. The molecule has 1 aromatic heterocycles. The fourth-order valence-corrected chi connectivity index (χ4v) is 2.86. The molecule has 2 amide bonds. The minimum Gasteiger partial charge on any atom is -0.352 e. The molecule has 2 rings (SSSR count). The lowest BCUT2D eigenvalue weighted by molar-refractivity contribution is -0.135. The van der Waals surface area contributed by atoms with E-state index in [4.69, 9.17) is 0 Å². The topological polar surface area (TPSA) is 62.3 Å². The summed E-state index contributed by atoms with van der Waals surface area (Å²) in [5.74, 6) is -0.149. The molecule has 5 heteroatoms. The monoisotopic (exact) mass is 303 g/mol. The number of hydrogen-bond donors (Lipinski definition) is 1. The number of carbonyl (C=O) groups excluding carboxylic acids is 2. The summed E-state index contributed by atoms with van der Waals surface area (Å²) in [7, 11) is 0. The standard InChI is InChI=1S/C17H25N3O2/c1-14(21)20(12-15-8-10-18-11-9-15)13-17(22)19-16-6-4-2-3-5-7-16/h8-11,16H,2-7,12-13H2,1H3,(H,19,22). The molecule has 1 saturated carbocycles. The minimum absolute atomic E-state index is 0.0591. The predicted octanol–water partition coefficient (Wildman–Crippen LogP) is 2.27. The molecule has 0 spiro atoms. The van der Waals surface area contributed by atoms with E-state index in [0.717, 1.165) is 18.4 Å². The summed E-state index contributed by atoms with van der Waals surface area (Å²) in [4.78, 5) is 29.5. The Kier molecular flexibility index (Phi) is 6.37. The van der Waals surface area contributed by atoms with Gasteiger partial charge in [-0.25, -0.2) is 0 Å². The summed E-state index contributed by atoms with van der Waals surface area (Å²) in [6, 6.07) is 3.99. The highest BCUT2D eigenvalue weighted by atomic mass is 16.2. The molecule has 0 bridgehead atoms. The lowest BCUT2D eigenvalue weighted by Gasteiger charge is -2.23. The molecule has 1 aliphatic carbocycles. The van der Waals surface area contributed by atoms with E-state index in [1.165, 1.54) is 32.6 Å². The van der Waals surface area contributed by atoms with Crippen LogP contribution < -0.4 is 5.32 Å². The number of aromatic nitrogens is 1. The molecule has 0 aromatic carbocycles. The van der Waals surface area contributed by atoms with Crippen LogP contribution in [0.1, 0.15) is 51.0 Å². The van der Waals surface area contributed by atoms with Gasteiger partial charge in [0.1, 0.15) is 0 Å². The quantitative estimate of drug-likeness (QED) is 0.849. The van der Waals surface area contributed by atoms with Crippen molar-refractivity contribution >= 4 is 11.8 Å². The SMILES string of the molecule is CC(=O)N(CC(=O)NC1CCCCCC1)Cc1ccncc1. The van der Waals surface area contributed by atoms with Crippen LogP contribution in [-0.4, -0.2) is 34.3 Å². The molecule has 0 saturated heterocycles. The van der Waals surface area contributed by atoms with Gasteiger partial charge in [-0.05, 0) is 30.5 Å². The minimum atomic E-state index is -0.0900. The molecule has 1 heterocycles. The zero-order chi connectivity index (χ0) is 15.8. The lowest BCUT2D eigenvalue weighted by Crippen LogP contribution is -2.43. The van der Waals surface area contributed by atoms with Gasteiger partial charge < -0.3 is 10.2 Å². The fraction of sp³-hybridized carbons (Fsp3) is 0.588. The van der Waals surface area contributed by atoms with Crippen molar-refractivity contribution < 1.29 is 9.59 Å². The maximum atomic E-state index is 12.2. The van der Waals surface area contributed by atoms with Crippen molar-refractivity contribution in [3.05, 3.63) is 30.1 Å². The average Bonchev–Trinajstić information content (AvgIpc) is 2.76. The molecule has 0 radical (unpaired) electrons. The summed E-state index contributed by atoms with van der Waals surface area (Å²) in [6.07, 6.45) is 10.4. The third-order valence-corrected chi connectivity index (χ3v) is 4.12. The van der Waals surface area contributed by atoms with Crippen molar-refractivity contribution in [1.82, 2.24) is 15.2 Å². The Morgan fingerprint density at radius 2 is 1.82 bits per heavy atom. The number of carbonyl (C=O) groups is 2.